The Kier molecular flexibility index (Phi) is 3.64. The Morgan fingerprint density at radius 1 is 1.09 bits per heavy atom. The molecule has 0 aliphatic rings. The van der Waals surface area contributed by atoms with Gasteiger partial charge in [-0.1, -0.05) is 15.9 Å². The molecule has 3 aromatic rings. The highest BCUT2D eigenvalue weighted by molar-refractivity contribution is 9.10. The van der Waals surface area contributed by atoms with E-state index in [9.17, 15) is 14.9 Å². The molecule has 1 aromatic heterocycles. The predicted octanol–water partition coefficient (Wildman–Crippen LogP) is 4.26. The van der Waals surface area contributed by atoms with E-state index < -0.39 is 10.5 Å². The van der Waals surface area contributed by atoms with Gasteiger partial charge in [-0.05, 0) is 36.4 Å². The second kappa shape index (κ2) is 5.61. The van der Waals surface area contributed by atoms with E-state index in [4.69, 9.17) is 9.15 Å². The predicted molar refractivity (Wildman–Crippen MR) is 83.4 cm³/mol. The number of ether oxygens (including phenoxy) is 1. The summed E-state index contributed by atoms with van der Waals surface area (Å²) in [6.45, 7) is 0. The maximum absolute atomic E-state index is 11.9. The van der Waals surface area contributed by atoms with Crippen molar-refractivity contribution in [3.63, 3.8) is 0 Å². The Bertz CT molecular complexity index is 917. The fraction of sp³-hybridized carbons (Fsp3) is 0. The standard InChI is InChI=1S/C15H8BrNO5/c16-10-1-6-13-9(7-10)8-14(15(18)22-13)21-12-4-2-11(3-5-12)17(19)20/h1-8H. The van der Waals surface area contributed by atoms with Crippen LogP contribution >= 0.6 is 15.9 Å². The van der Waals surface area contributed by atoms with Crippen LogP contribution in [0, 0.1) is 10.1 Å². The van der Waals surface area contributed by atoms with Gasteiger partial charge in [-0.2, -0.15) is 0 Å². The first-order chi connectivity index (χ1) is 10.5. The van der Waals surface area contributed by atoms with E-state index in [2.05, 4.69) is 15.9 Å². The van der Waals surface area contributed by atoms with E-state index >= 15 is 0 Å². The normalized spacial score (nSPS) is 10.6. The molecule has 6 nitrogen and oxygen atoms in total. The van der Waals surface area contributed by atoms with Gasteiger partial charge in [0, 0.05) is 22.0 Å². The zero-order valence-corrected chi connectivity index (χ0v) is 12.6. The molecule has 1 heterocycles. The molecule has 22 heavy (non-hydrogen) atoms. The number of nitro benzene ring substituents is 1. The van der Waals surface area contributed by atoms with Gasteiger partial charge in [-0.3, -0.25) is 10.1 Å². The highest BCUT2D eigenvalue weighted by Gasteiger charge is 2.10. The Balaban J connectivity index is 1.97. The van der Waals surface area contributed by atoms with Crippen LogP contribution in [0.2, 0.25) is 0 Å². The smallest absolute Gasteiger partial charge is 0.379 e. The molecule has 110 valence electrons. The van der Waals surface area contributed by atoms with E-state index in [-0.39, 0.29) is 11.4 Å². The monoisotopic (exact) mass is 361 g/mol. The van der Waals surface area contributed by atoms with Crippen molar-refractivity contribution in [2.24, 2.45) is 0 Å². The fourth-order valence-electron chi connectivity index (χ4n) is 1.91. The summed E-state index contributed by atoms with van der Waals surface area (Å²) in [7, 11) is 0. The van der Waals surface area contributed by atoms with Crippen molar-refractivity contribution in [2.45, 2.75) is 0 Å². The minimum Gasteiger partial charge on any atom is -0.450 e. The maximum atomic E-state index is 11.9. The first-order valence-corrected chi connectivity index (χ1v) is 6.98. The average molecular weight is 362 g/mol. The summed E-state index contributed by atoms with van der Waals surface area (Å²) in [5.74, 6) is 0.326. The number of halogens is 1. The molecule has 0 aliphatic heterocycles. The molecule has 0 amide bonds. The van der Waals surface area contributed by atoms with Gasteiger partial charge in [0.15, 0.2) is 0 Å². The fourth-order valence-corrected chi connectivity index (χ4v) is 2.29. The van der Waals surface area contributed by atoms with Crippen molar-refractivity contribution in [1.82, 2.24) is 0 Å². The van der Waals surface area contributed by atoms with Crippen LogP contribution in [0.5, 0.6) is 11.5 Å². The van der Waals surface area contributed by atoms with E-state index in [0.717, 1.165) is 4.47 Å². The molecule has 3 rings (SSSR count). The largest absolute Gasteiger partial charge is 0.450 e. The zero-order chi connectivity index (χ0) is 15.7. The van der Waals surface area contributed by atoms with Gasteiger partial charge in [0.2, 0.25) is 5.75 Å². The third kappa shape index (κ3) is 2.84. The van der Waals surface area contributed by atoms with Gasteiger partial charge >= 0.3 is 5.63 Å². The Morgan fingerprint density at radius 2 is 1.82 bits per heavy atom. The highest BCUT2D eigenvalue weighted by Crippen LogP contribution is 2.25. The maximum Gasteiger partial charge on any atom is 0.379 e. The molecule has 2 aromatic carbocycles. The van der Waals surface area contributed by atoms with Crippen LogP contribution in [-0.4, -0.2) is 4.92 Å². The summed E-state index contributed by atoms with van der Waals surface area (Å²) in [5, 5.41) is 11.3. The molecule has 0 unspecified atom stereocenters. The number of fused-ring (bicyclic) bond motifs is 1. The SMILES string of the molecule is O=c1oc2ccc(Br)cc2cc1Oc1ccc([N+](=O)[O-])cc1. The minimum absolute atomic E-state index is 0.0134. The van der Waals surface area contributed by atoms with Gasteiger partial charge in [0.25, 0.3) is 5.69 Å². The quantitative estimate of drug-likeness (QED) is 0.395. The molecule has 0 N–H and O–H groups in total. The van der Waals surface area contributed by atoms with Crippen molar-refractivity contribution in [2.75, 3.05) is 0 Å². The van der Waals surface area contributed by atoms with Gasteiger partial charge in [0.1, 0.15) is 11.3 Å². The summed E-state index contributed by atoms with van der Waals surface area (Å²) in [6, 6.07) is 12.2. The van der Waals surface area contributed by atoms with Crippen molar-refractivity contribution in [1.29, 1.82) is 0 Å². The summed E-state index contributed by atoms with van der Waals surface area (Å²) < 4.78 is 11.5. The number of hydrogen-bond acceptors (Lipinski definition) is 5. The molecule has 0 fully saturated rings. The molecular weight excluding hydrogens is 354 g/mol. The number of non-ortho nitro benzene ring substituents is 1. The summed E-state index contributed by atoms with van der Waals surface area (Å²) >= 11 is 3.34. The molecule has 0 saturated carbocycles. The first-order valence-electron chi connectivity index (χ1n) is 6.19. The van der Waals surface area contributed by atoms with Crippen LogP contribution < -0.4 is 10.4 Å². The lowest BCUT2D eigenvalue weighted by Gasteiger charge is -2.05. The van der Waals surface area contributed by atoms with Crippen molar-refractivity contribution in [3.05, 3.63) is 73.5 Å². The van der Waals surface area contributed by atoms with Crippen LogP contribution in [0.15, 0.2) is 62.2 Å². The summed E-state index contributed by atoms with van der Waals surface area (Å²) in [6.07, 6.45) is 0. The Morgan fingerprint density at radius 3 is 2.50 bits per heavy atom. The number of nitro groups is 1. The average Bonchev–Trinajstić information content (AvgIpc) is 2.49. The number of nitrogens with zero attached hydrogens (tertiary/aromatic N) is 1. The van der Waals surface area contributed by atoms with E-state index in [0.29, 0.717) is 16.7 Å². The summed E-state index contributed by atoms with van der Waals surface area (Å²) in [4.78, 5) is 22.0. The van der Waals surface area contributed by atoms with Crippen LogP contribution in [0.3, 0.4) is 0 Å². The second-order valence-corrected chi connectivity index (χ2v) is 5.35. The van der Waals surface area contributed by atoms with Gasteiger partial charge < -0.3 is 9.15 Å². The van der Waals surface area contributed by atoms with Crippen LogP contribution in [-0.2, 0) is 0 Å². The zero-order valence-electron chi connectivity index (χ0n) is 11.0. The molecule has 7 heteroatoms. The van der Waals surface area contributed by atoms with Crippen LogP contribution in [0.4, 0.5) is 5.69 Å². The van der Waals surface area contributed by atoms with Crippen molar-refractivity contribution >= 4 is 32.6 Å². The minimum atomic E-state index is -0.617. The Hall–Kier alpha value is -2.67. The lowest BCUT2D eigenvalue weighted by atomic mass is 10.2. The van der Waals surface area contributed by atoms with Crippen molar-refractivity contribution in [3.8, 4) is 11.5 Å². The number of rotatable bonds is 3. The van der Waals surface area contributed by atoms with Gasteiger partial charge in [0.05, 0.1) is 4.92 Å². The third-order valence-corrected chi connectivity index (χ3v) is 3.43. The molecule has 0 bridgehead atoms. The highest BCUT2D eigenvalue weighted by atomic mass is 79.9. The number of benzene rings is 2. The van der Waals surface area contributed by atoms with Gasteiger partial charge in [-0.25, -0.2) is 4.79 Å². The Labute approximate surface area is 132 Å². The lowest BCUT2D eigenvalue weighted by molar-refractivity contribution is -0.384. The third-order valence-electron chi connectivity index (χ3n) is 2.94. The molecule has 0 saturated heterocycles. The number of hydrogen-bond donors (Lipinski definition) is 0. The molecule has 0 atom stereocenters. The lowest BCUT2D eigenvalue weighted by Crippen LogP contribution is -2.03. The first kappa shape index (κ1) is 14.3. The summed E-state index contributed by atoms with van der Waals surface area (Å²) in [5.41, 5.74) is -0.223. The molecular formula is C15H8BrNO5. The molecule has 0 aliphatic carbocycles. The second-order valence-electron chi connectivity index (χ2n) is 4.43. The molecule has 0 spiro atoms. The van der Waals surface area contributed by atoms with E-state index in [1.165, 1.54) is 24.3 Å². The van der Waals surface area contributed by atoms with Gasteiger partial charge in [-0.15, -0.1) is 0 Å². The topological polar surface area (TPSA) is 82.6 Å². The van der Waals surface area contributed by atoms with Crippen LogP contribution in [0.25, 0.3) is 11.0 Å². The molecule has 0 radical (unpaired) electrons. The van der Waals surface area contributed by atoms with E-state index in [1.54, 1.807) is 24.3 Å². The van der Waals surface area contributed by atoms with Crippen molar-refractivity contribution < 1.29 is 14.1 Å². The van der Waals surface area contributed by atoms with E-state index in [1.807, 2.05) is 0 Å². The van der Waals surface area contributed by atoms with Crippen LogP contribution in [0.1, 0.15) is 0 Å².